The normalized spacial score (nSPS) is 15.2. The van der Waals surface area contributed by atoms with Crippen LogP contribution in [0.25, 0.3) is 10.8 Å². The van der Waals surface area contributed by atoms with Gasteiger partial charge in [0.25, 0.3) is 0 Å². The average molecular weight is 406 g/mol. The summed E-state index contributed by atoms with van der Waals surface area (Å²) in [4.78, 5) is 21.8. The molecule has 0 amide bonds. The Bertz CT molecular complexity index is 1030. The molecule has 0 spiro atoms. The molecule has 0 aliphatic carbocycles. The van der Waals surface area contributed by atoms with Gasteiger partial charge in [-0.2, -0.15) is 4.98 Å². The molecular weight excluding hydrogens is 380 g/mol. The maximum atomic E-state index is 11.4. The van der Waals surface area contributed by atoms with Crippen molar-refractivity contribution in [1.82, 2.24) is 14.9 Å². The summed E-state index contributed by atoms with van der Waals surface area (Å²) in [5.41, 5.74) is 1.02. The lowest BCUT2D eigenvalue weighted by molar-refractivity contribution is -0.384. The topological polar surface area (TPSA) is 96.2 Å². The highest BCUT2D eigenvalue weighted by Gasteiger charge is 2.21. The van der Waals surface area contributed by atoms with Gasteiger partial charge in [0.15, 0.2) is 0 Å². The lowest BCUT2D eigenvalue weighted by Gasteiger charge is -2.29. The summed E-state index contributed by atoms with van der Waals surface area (Å²) < 4.78 is 0. The van der Waals surface area contributed by atoms with Crippen molar-refractivity contribution >= 4 is 28.2 Å². The minimum Gasteiger partial charge on any atom is -0.364 e. The minimum atomic E-state index is -0.439. The summed E-state index contributed by atoms with van der Waals surface area (Å²) in [5.74, 6) is 1.14. The fourth-order valence-electron chi connectivity index (χ4n) is 3.85. The van der Waals surface area contributed by atoms with Crippen molar-refractivity contribution in [1.29, 1.82) is 0 Å². The molecule has 1 saturated heterocycles. The summed E-state index contributed by atoms with van der Waals surface area (Å²) in [6.45, 7) is 3.31. The van der Waals surface area contributed by atoms with Crippen LogP contribution < -0.4 is 10.6 Å². The molecule has 0 bridgehead atoms. The lowest BCUT2D eigenvalue weighted by Crippen LogP contribution is -2.33. The molecule has 1 aromatic heterocycles. The predicted molar refractivity (Wildman–Crippen MR) is 119 cm³/mol. The van der Waals surface area contributed by atoms with Gasteiger partial charge in [-0.3, -0.25) is 10.1 Å². The minimum absolute atomic E-state index is 0.0985. The number of aromatic nitrogens is 2. The number of rotatable bonds is 7. The molecule has 0 saturated carbocycles. The highest BCUT2D eigenvalue weighted by Crippen LogP contribution is 2.25. The van der Waals surface area contributed by atoms with Crippen LogP contribution in [0.4, 0.5) is 17.5 Å². The second kappa shape index (κ2) is 9.04. The Kier molecular flexibility index (Phi) is 6.04. The van der Waals surface area contributed by atoms with E-state index in [0.717, 1.165) is 36.9 Å². The van der Waals surface area contributed by atoms with E-state index in [1.165, 1.54) is 11.6 Å². The molecule has 1 aliphatic heterocycles. The molecule has 8 heteroatoms. The fraction of sp³-hybridized carbons (Fsp3) is 0.364. The largest absolute Gasteiger partial charge is 0.364 e. The molecule has 0 unspecified atom stereocenters. The van der Waals surface area contributed by atoms with Crippen molar-refractivity contribution in [2.75, 3.05) is 37.3 Å². The number of nitrogens with zero attached hydrogens (tertiary/aromatic N) is 4. The van der Waals surface area contributed by atoms with Gasteiger partial charge in [-0.15, -0.1) is 0 Å². The van der Waals surface area contributed by atoms with Gasteiger partial charge in [0, 0.05) is 13.1 Å². The van der Waals surface area contributed by atoms with E-state index in [4.69, 9.17) is 0 Å². The van der Waals surface area contributed by atoms with Crippen molar-refractivity contribution in [3.8, 4) is 0 Å². The Labute approximate surface area is 175 Å². The van der Waals surface area contributed by atoms with Gasteiger partial charge >= 0.3 is 5.69 Å². The van der Waals surface area contributed by atoms with Crippen LogP contribution in [0.15, 0.2) is 48.7 Å². The number of nitro groups is 1. The number of hydrogen-bond donors (Lipinski definition) is 2. The second-order valence-electron chi connectivity index (χ2n) is 7.80. The quantitative estimate of drug-likeness (QED) is 0.454. The van der Waals surface area contributed by atoms with E-state index in [0.29, 0.717) is 25.0 Å². The number of likely N-dealkylation sites (tertiary alicyclic amines) is 1. The summed E-state index contributed by atoms with van der Waals surface area (Å²) in [5, 5.41) is 20.1. The Morgan fingerprint density at radius 1 is 1.13 bits per heavy atom. The van der Waals surface area contributed by atoms with Crippen LogP contribution in [0.5, 0.6) is 0 Å². The molecule has 2 N–H and O–H groups in total. The third-order valence-corrected chi connectivity index (χ3v) is 5.68. The SMILES string of the molecule is CN1CCC(CNc2nc(NCc3cccc4ccccc34)ncc2[N+](=O)[O-])CC1. The molecule has 0 atom stereocenters. The standard InChI is InChI=1S/C22H26N6O2/c1-27-11-9-16(10-12-27)13-23-21-20(28(29)30)15-25-22(26-21)24-14-18-7-4-6-17-5-2-3-8-19(17)18/h2-8,15-16H,9-14H2,1H3,(H2,23,24,25,26). The van der Waals surface area contributed by atoms with Crippen molar-refractivity contribution < 1.29 is 4.92 Å². The lowest BCUT2D eigenvalue weighted by atomic mass is 9.97. The Hall–Kier alpha value is -3.26. The van der Waals surface area contributed by atoms with Crippen LogP contribution in [0, 0.1) is 16.0 Å². The third kappa shape index (κ3) is 4.65. The number of piperidine rings is 1. The molecule has 0 radical (unpaired) electrons. The number of fused-ring (bicyclic) bond motifs is 1. The smallest absolute Gasteiger partial charge is 0.329 e. The number of anilines is 2. The first-order valence-electron chi connectivity index (χ1n) is 10.2. The number of hydrogen-bond acceptors (Lipinski definition) is 7. The predicted octanol–water partition coefficient (Wildman–Crippen LogP) is 3.90. The van der Waals surface area contributed by atoms with Gasteiger partial charge in [0.05, 0.1) is 4.92 Å². The van der Waals surface area contributed by atoms with E-state index in [2.05, 4.69) is 56.8 Å². The zero-order valence-corrected chi connectivity index (χ0v) is 17.0. The summed E-state index contributed by atoms with van der Waals surface area (Å²) in [6, 6.07) is 14.3. The number of nitrogens with one attached hydrogen (secondary N) is 2. The maximum absolute atomic E-state index is 11.4. The zero-order chi connectivity index (χ0) is 20.9. The molecule has 2 heterocycles. The van der Waals surface area contributed by atoms with E-state index < -0.39 is 4.92 Å². The first kappa shape index (κ1) is 20.0. The third-order valence-electron chi connectivity index (χ3n) is 5.68. The molecular formula is C22H26N6O2. The fourth-order valence-corrected chi connectivity index (χ4v) is 3.85. The maximum Gasteiger partial charge on any atom is 0.329 e. The van der Waals surface area contributed by atoms with Gasteiger partial charge < -0.3 is 15.5 Å². The Morgan fingerprint density at radius 3 is 2.70 bits per heavy atom. The molecule has 3 aromatic rings. The van der Waals surface area contributed by atoms with E-state index in [9.17, 15) is 10.1 Å². The van der Waals surface area contributed by atoms with Crippen molar-refractivity contribution in [2.45, 2.75) is 19.4 Å². The van der Waals surface area contributed by atoms with Crippen LogP contribution >= 0.6 is 0 Å². The van der Waals surface area contributed by atoms with Crippen molar-refractivity contribution in [3.05, 3.63) is 64.3 Å². The van der Waals surface area contributed by atoms with E-state index in [1.54, 1.807) is 0 Å². The van der Waals surface area contributed by atoms with Gasteiger partial charge in [0.1, 0.15) is 6.20 Å². The van der Waals surface area contributed by atoms with Crippen LogP contribution in [-0.4, -0.2) is 46.5 Å². The average Bonchev–Trinajstić information content (AvgIpc) is 2.77. The summed E-state index contributed by atoms with van der Waals surface area (Å²) >= 11 is 0. The van der Waals surface area contributed by atoms with Gasteiger partial charge in [-0.05, 0) is 55.2 Å². The van der Waals surface area contributed by atoms with Crippen LogP contribution in [0.2, 0.25) is 0 Å². The van der Waals surface area contributed by atoms with Crippen LogP contribution in [-0.2, 0) is 6.54 Å². The molecule has 1 fully saturated rings. The molecule has 4 rings (SSSR count). The van der Waals surface area contributed by atoms with Crippen LogP contribution in [0.3, 0.4) is 0 Å². The molecule has 1 aliphatic rings. The van der Waals surface area contributed by atoms with E-state index in [-0.39, 0.29) is 11.5 Å². The van der Waals surface area contributed by atoms with E-state index >= 15 is 0 Å². The molecule has 8 nitrogen and oxygen atoms in total. The van der Waals surface area contributed by atoms with Crippen LogP contribution in [0.1, 0.15) is 18.4 Å². The summed E-state index contributed by atoms with van der Waals surface area (Å²) in [7, 11) is 2.12. The first-order chi connectivity index (χ1) is 14.6. The Morgan fingerprint density at radius 2 is 1.90 bits per heavy atom. The van der Waals surface area contributed by atoms with Gasteiger partial charge in [0.2, 0.25) is 11.8 Å². The van der Waals surface area contributed by atoms with Crippen molar-refractivity contribution in [3.63, 3.8) is 0 Å². The highest BCUT2D eigenvalue weighted by molar-refractivity contribution is 5.85. The first-order valence-corrected chi connectivity index (χ1v) is 10.2. The summed E-state index contributed by atoms with van der Waals surface area (Å²) in [6.07, 6.45) is 3.43. The van der Waals surface area contributed by atoms with Crippen molar-refractivity contribution in [2.24, 2.45) is 5.92 Å². The molecule has 30 heavy (non-hydrogen) atoms. The Balaban J connectivity index is 1.47. The second-order valence-corrected chi connectivity index (χ2v) is 7.80. The molecule has 156 valence electrons. The van der Waals surface area contributed by atoms with Gasteiger partial charge in [-0.1, -0.05) is 42.5 Å². The monoisotopic (exact) mass is 406 g/mol. The van der Waals surface area contributed by atoms with E-state index in [1.807, 2.05) is 18.2 Å². The van der Waals surface area contributed by atoms with Gasteiger partial charge in [-0.25, -0.2) is 4.98 Å². The number of benzene rings is 2. The highest BCUT2D eigenvalue weighted by atomic mass is 16.6. The zero-order valence-electron chi connectivity index (χ0n) is 17.0. The molecule has 2 aromatic carbocycles.